The lowest BCUT2D eigenvalue weighted by Crippen LogP contribution is -2.42. The van der Waals surface area contributed by atoms with E-state index in [0.29, 0.717) is 29.9 Å². The van der Waals surface area contributed by atoms with Crippen LogP contribution in [0, 0.1) is 17.8 Å². The lowest BCUT2D eigenvalue weighted by Gasteiger charge is -2.28. The third kappa shape index (κ3) is 9.50. The first-order valence-corrected chi connectivity index (χ1v) is 16.7. The Morgan fingerprint density at radius 1 is 0.878 bits per heavy atom. The van der Waals surface area contributed by atoms with Crippen LogP contribution in [-0.2, 0) is 35.7 Å². The Morgan fingerprint density at radius 2 is 1.51 bits per heavy atom. The highest BCUT2D eigenvalue weighted by Crippen LogP contribution is 2.43. The summed E-state index contributed by atoms with van der Waals surface area (Å²) in [6.07, 6.45) is 8.11. The SMILES string of the molecule is C=C(C)C(=O)OCC(C)C.CC(C)C1=CCc2ccc3cccc4c3c2C1=CC4.CO[Si](CCC(C)C)(OC)OC. The fourth-order valence-electron chi connectivity index (χ4n) is 4.99. The molecule has 0 amide bonds. The Kier molecular flexibility index (Phi) is 13.7. The van der Waals surface area contributed by atoms with Crippen LogP contribution in [0.3, 0.4) is 0 Å². The lowest BCUT2D eigenvalue weighted by atomic mass is 9.76. The molecule has 0 bridgehead atoms. The molecular weight excluding hydrogens is 528 g/mol. The van der Waals surface area contributed by atoms with Gasteiger partial charge in [-0.25, -0.2) is 4.79 Å². The predicted molar refractivity (Wildman–Crippen MR) is 174 cm³/mol. The molecule has 0 radical (unpaired) electrons. The van der Waals surface area contributed by atoms with Gasteiger partial charge in [0.15, 0.2) is 0 Å². The largest absolute Gasteiger partial charge is 0.500 e. The minimum atomic E-state index is -2.28. The summed E-state index contributed by atoms with van der Waals surface area (Å²) in [5.41, 5.74) is 8.00. The fraction of sp³-hybridized carbons (Fsp3) is 0.514. The third-order valence-electron chi connectivity index (χ3n) is 7.35. The van der Waals surface area contributed by atoms with Gasteiger partial charge in [-0.15, -0.1) is 0 Å². The van der Waals surface area contributed by atoms with Gasteiger partial charge in [0.05, 0.1) is 6.61 Å². The summed E-state index contributed by atoms with van der Waals surface area (Å²) in [4.78, 5) is 10.7. The fourth-order valence-corrected chi connectivity index (χ4v) is 7.03. The number of benzene rings is 2. The monoisotopic (exact) mass is 580 g/mol. The van der Waals surface area contributed by atoms with Gasteiger partial charge in [0.1, 0.15) is 0 Å². The van der Waals surface area contributed by atoms with Crippen molar-refractivity contribution in [2.75, 3.05) is 27.9 Å². The van der Waals surface area contributed by atoms with Crippen molar-refractivity contribution in [1.29, 1.82) is 0 Å². The van der Waals surface area contributed by atoms with Gasteiger partial charge in [-0.2, -0.15) is 0 Å². The first-order valence-electron chi connectivity index (χ1n) is 14.8. The van der Waals surface area contributed by atoms with Crippen LogP contribution in [0.2, 0.25) is 6.04 Å². The number of hydrogen-bond donors (Lipinski definition) is 0. The van der Waals surface area contributed by atoms with Crippen molar-refractivity contribution in [3.8, 4) is 0 Å². The third-order valence-corrected chi connectivity index (χ3v) is 10.1. The molecule has 5 nitrogen and oxygen atoms in total. The van der Waals surface area contributed by atoms with E-state index in [-0.39, 0.29) is 5.97 Å². The maximum absolute atomic E-state index is 10.7. The molecule has 2 aromatic rings. The summed E-state index contributed by atoms with van der Waals surface area (Å²) < 4.78 is 20.7. The van der Waals surface area contributed by atoms with Crippen molar-refractivity contribution in [3.05, 3.63) is 76.9 Å². The van der Waals surface area contributed by atoms with E-state index in [0.717, 1.165) is 25.3 Å². The van der Waals surface area contributed by atoms with Crippen LogP contribution in [0.25, 0.3) is 16.3 Å². The second-order valence-electron chi connectivity index (χ2n) is 12.0. The van der Waals surface area contributed by atoms with Crippen molar-refractivity contribution >= 4 is 31.1 Å². The summed E-state index contributed by atoms with van der Waals surface area (Å²) in [6, 6.07) is 12.2. The van der Waals surface area contributed by atoms with E-state index in [9.17, 15) is 4.79 Å². The molecule has 0 heterocycles. The van der Waals surface area contributed by atoms with Gasteiger partial charge in [-0.05, 0) is 82.5 Å². The molecule has 0 atom stereocenters. The standard InChI is InChI=1S/C19H18.C8H20O3Si.C8H14O2/c1-12(2)16-10-8-15-7-6-13-4-3-5-14-9-11-17(16)19(15)18(13)14;1-8(2)6-7-12(9-3,10-4)11-5;1-6(2)5-10-8(9)7(3)4/h3-7,10-12H,8-9H2,1-2H3;8H,6-7H2,1-5H3;6H,3,5H2,1-2,4H3. The van der Waals surface area contributed by atoms with Gasteiger partial charge in [-0.1, -0.05) is 90.6 Å². The molecule has 41 heavy (non-hydrogen) atoms. The molecule has 226 valence electrons. The Bertz CT molecular complexity index is 1230. The zero-order valence-electron chi connectivity index (χ0n) is 27.1. The first-order chi connectivity index (χ1) is 19.4. The van der Waals surface area contributed by atoms with E-state index < -0.39 is 8.80 Å². The van der Waals surface area contributed by atoms with Crippen LogP contribution in [0.1, 0.15) is 71.6 Å². The second-order valence-corrected chi connectivity index (χ2v) is 15.0. The van der Waals surface area contributed by atoms with Crippen LogP contribution >= 0.6 is 0 Å². The van der Waals surface area contributed by atoms with Gasteiger partial charge < -0.3 is 18.0 Å². The molecule has 2 aromatic carbocycles. The quantitative estimate of drug-likeness (QED) is 0.160. The highest BCUT2D eigenvalue weighted by Gasteiger charge is 2.37. The highest BCUT2D eigenvalue weighted by atomic mass is 28.4. The van der Waals surface area contributed by atoms with Gasteiger partial charge >= 0.3 is 14.8 Å². The summed E-state index contributed by atoms with van der Waals surface area (Å²) in [6.45, 7) is 18.5. The van der Waals surface area contributed by atoms with Gasteiger partial charge in [0.2, 0.25) is 0 Å². The maximum Gasteiger partial charge on any atom is 0.500 e. The van der Waals surface area contributed by atoms with Crippen LogP contribution in [-0.4, -0.2) is 42.7 Å². The average molecular weight is 581 g/mol. The molecule has 6 heteroatoms. The van der Waals surface area contributed by atoms with Crippen LogP contribution in [0.5, 0.6) is 0 Å². The number of ether oxygens (including phenoxy) is 1. The lowest BCUT2D eigenvalue weighted by molar-refractivity contribution is -0.139. The van der Waals surface area contributed by atoms with Crippen LogP contribution in [0.4, 0.5) is 0 Å². The molecule has 0 fully saturated rings. The Labute approximate surface area is 250 Å². The minimum absolute atomic E-state index is 0.297. The van der Waals surface area contributed by atoms with E-state index in [2.05, 4.69) is 76.8 Å². The molecule has 0 saturated heterocycles. The van der Waals surface area contributed by atoms with Crippen molar-refractivity contribution < 1.29 is 22.8 Å². The summed E-state index contributed by atoms with van der Waals surface area (Å²) in [5, 5.41) is 2.90. The van der Waals surface area contributed by atoms with E-state index in [1.54, 1.807) is 28.3 Å². The molecule has 0 saturated carbocycles. The highest BCUT2D eigenvalue weighted by molar-refractivity contribution is 6.60. The van der Waals surface area contributed by atoms with Gasteiger partial charge in [0.25, 0.3) is 0 Å². The maximum atomic E-state index is 10.7. The minimum Gasteiger partial charge on any atom is -0.462 e. The summed E-state index contributed by atoms with van der Waals surface area (Å²) in [5.74, 6) is 1.37. The van der Waals surface area contributed by atoms with Crippen molar-refractivity contribution in [3.63, 3.8) is 0 Å². The molecule has 0 aromatic heterocycles. The van der Waals surface area contributed by atoms with E-state index >= 15 is 0 Å². The number of allylic oxidation sites excluding steroid dienone is 4. The zero-order valence-corrected chi connectivity index (χ0v) is 28.1. The van der Waals surface area contributed by atoms with Crippen LogP contribution < -0.4 is 0 Å². The van der Waals surface area contributed by atoms with Gasteiger partial charge in [0, 0.05) is 32.9 Å². The molecule has 2 aliphatic carbocycles. The molecule has 0 spiro atoms. The number of carbonyl (C=O) groups is 1. The van der Waals surface area contributed by atoms with E-state index in [4.69, 9.17) is 18.0 Å². The summed E-state index contributed by atoms with van der Waals surface area (Å²) in [7, 11) is 2.68. The second kappa shape index (κ2) is 16.2. The molecule has 0 aliphatic heterocycles. The molecule has 4 rings (SSSR count). The number of rotatable bonds is 10. The molecule has 2 aliphatic rings. The van der Waals surface area contributed by atoms with Crippen molar-refractivity contribution in [1.82, 2.24) is 0 Å². The predicted octanol–water partition coefficient (Wildman–Crippen LogP) is 8.59. The zero-order chi connectivity index (χ0) is 30.7. The Morgan fingerprint density at radius 3 is 2.05 bits per heavy atom. The average Bonchev–Trinajstić information content (AvgIpc) is 2.96. The Hall–Kier alpha value is -2.51. The number of carbonyl (C=O) groups excluding carboxylic acids is 1. The molecule has 0 unspecified atom stereocenters. The van der Waals surface area contributed by atoms with E-state index in [1.807, 2.05) is 13.8 Å². The van der Waals surface area contributed by atoms with Gasteiger partial charge in [-0.3, -0.25) is 0 Å². The summed E-state index contributed by atoms with van der Waals surface area (Å²) >= 11 is 0. The Balaban J connectivity index is 0.000000234. The molecule has 0 N–H and O–H groups in total. The van der Waals surface area contributed by atoms with Crippen LogP contribution in [0.15, 0.2) is 60.2 Å². The molecular formula is C35H52O5Si. The normalized spacial score (nSPS) is 13.7. The first kappa shape index (κ1) is 34.7. The number of hydrogen-bond acceptors (Lipinski definition) is 5. The van der Waals surface area contributed by atoms with Crippen molar-refractivity contribution in [2.45, 2.75) is 73.8 Å². The van der Waals surface area contributed by atoms with E-state index in [1.165, 1.54) is 38.6 Å². The number of esters is 1. The van der Waals surface area contributed by atoms with Crippen molar-refractivity contribution in [2.24, 2.45) is 17.8 Å². The topological polar surface area (TPSA) is 54.0 Å². The smallest absolute Gasteiger partial charge is 0.462 e.